The number of rotatable bonds is 3. The van der Waals surface area contributed by atoms with Crippen LogP contribution in [0.1, 0.15) is 0 Å². The van der Waals surface area contributed by atoms with E-state index in [-0.39, 0.29) is 0 Å². The van der Waals surface area contributed by atoms with Gasteiger partial charge in [0.2, 0.25) is 0 Å². The van der Waals surface area contributed by atoms with Crippen LogP contribution in [0.4, 0.5) is 17.1 Å². The Hall–Kier alpha value is -6.78. The fraction of sp³-hybridized carbons (Fsp3) is 0. The molecule has 3 heterocycles. The maximum atomic E-state index is 6.52. The molecule has 0 aliphatic carbocycles. The molecule has 11 rings (SSSR count). The molecule has 232 valence electrons. The fourth-order valence-corrected chi connectivity index (χ4v) is 7.98. The minimum Gasteiger partial charge on any atom is -0.455 e. The van der Waals surface area contributed by atoms with E-state index in [0.29, 0.717) is 5.82 Å². The molecule has 0 unspecified atom stereocenters. The van der Waals surface area contributed by atoms with Gasteiger partial charge in [-0.3, -0.25) is 0 Å². The third-order valence-corrected chi connectivity index (χ3v) is 10.2. The van der Waals surface area contributed by atoms with E-state index in [1.54, 1.807) is 0 Å². The molecule has 0 spiro atoms. The van der Waals surface area contributed by atoms with Crippen LogP contribution in [-0.4, -0.2) is 9.97 Å². The predicted molar refractivity (Wildman–Crippen MR) is 206 cm³/mol. The molecule has 4 heteroatoms. The van der Waals surface area contributed by atoms with E-state index in [9.17, 15) is 0 Å². The Bertz CT molecular complexity index is 3010. The van der Waals surface area contributed by atoms with Gasteiger partial charge in [-0.1, -0.05) is 121 Å². The van der Waals surface area contributed by atoms with Crippen molar-refractivity contribution < 1.29 is 4.42 Å². The van der Waals surface area contributed by atoms with E-state index in [0.717, 1.165) is 77.5 Å². The predicted octanol–water partition coefficient (Wildman–Crippen LogP) is 12.6. The van der Waals surface area contributed by atoms with Crippen molar-refractivity contribution in [2.75, 3.05) is 4.90 Å². The van der Waals surface area contributed by atoms with Crippen LogP contribution in [0.15, 0.2) is 168 Å². The number of nitrogens with zero attached hydrogens (tertiary/aromatic N) is 3. The molecule has 0 fully saturated rings. The van der Waals surface area contributed by atoms with Gasteiger partial charge < -0.3 is 9.32 Å². The van der Waals surface area contributed by atoms with E-state index in [1.807, 2.05) is 18.2 Å². The number of aromatic nitrogens is 2. The minimum atomic E-state index is 0.675. The summed E-state index contributed by atoms with van der Waals surface area (Å²) >= 11 is 0. The van der Waals surface area contributed by atoms with E-state index >= 15 is 0 Å². The molecule has 0 radical (unpaired) electrons. The van der Waals surface area contributed by atoms with Crippen molar-refractivity contribution in [2.24, 2.45) is 0 Å². The first-order valence-corrected chi connectivity index (χ1v) is 16.9. The van der Waals surface area contributed by atoms with Gasteiger partial charge in [0.15, 0.2) is 5.82 Å². The lowest BCUT2D eigenvalue weighted by Gasteiger charge is -2.34. The van der Waals surface area contributed by atoms with Gasteiger partial charge in [-0.2, -0.15) is 0 Å². The van der Waals surface area contributed by atoms with E-state index in [4.69, 9.17) is 14.4 Å². The van der Waals surface area contributed by atoms with Crippen LogP contribution < -0.4 is 4.90 Å². The second-order valence-electron chi connectivity index (χ2n) is 12.9. The van der Waals surface area contributed by atoms with Crippen LogP contribution >= 0.6 is 0 Å². The van der Waals surface area contributed by atoms with Gasteiger partial charge in [0.05, 0.1) is 22.6 Å². The van der Waals surface area contributed by atoms with Crippen LogP contribution in [0.25, 0.3) is 88.2 Å². The number of hydrogen-bond donors (Lipinski definition) is 0. The highest BCUT2D eigenvalue weighted by atomic mass is 16.3. The van der Waals surface area contributed by atoms with Crippen molar-refractivity contribution in [2.45, 2.75) is 0 Å². The largest absolute Gasteiger partial charge is 0.455 e. The summed E-state index contributed by atoms with van der Waals surface area (Å²) in [6, 6.07) is 57.8. The summed E-state index contributed by atoms with van der Waals surface area (Å²) in [7, 11) is 0. The Labute approximate surface area is 287 Å². The van der Waals surface area contributed by atoms with Gasteiger partial charge in [-0.15, -0.1) is 0 Å². The first-order valence-electron chi connectivity index (χ1n) is 16.9. The number of para-hydroxylation sites is 4. The monoisotopic (exact) mass is 637 g/mol. The van der Waals surface area contributed by atoms with Crippen LogP contribution in [0.2, 0.25) is 0 Å². The van der Waals surface area contributed by atoms with E-state index < -0.39 is 0 Å². The number of hydrogen-bond acceptors (Lipinski definition) is 4. The van der Waals surface area contributed by atoms with Crippen LogP contribution in [0, 0.1) is 0 Å². The SMILES string of the molecule is c1ccc2c(c1)-c1cccc3cccc(c13)N2c1cc(-c2nc(-c3cccc4c3oc3ccccc34)c3ccccc3n2)c2ccccc2c1. The van der Waals surface area contributed by atoms with Crippen molar-refractivity contribution in [3.8, 4) is 33.8 Å². The molecule has 0 saturated heterocycles. The molecule has 4 nitrogen and oxygen atoms in total. The molecular weight excluding hydrogens is 611 g/mol. The summed E-state index contributed by atoms with van der Waals surface area (Å²) in [6.07, 6.45) is 0. The van der Waals surface area contributed by atoms with E-state index in [2.05, 4.69) is 150 Å². The summed E-state index contributed by atoms with van der Waals surface area (Å²) in [4.78, 5) is 13.1. The molecule has 0 atom stereocenters. The lowest BCUT2D eigenvalue weighted by atomic mass is 9.90. The van der Waals surface area contributed by atoms with Gasteiger partial charge in [0.25, 0.3) is 0 Å². The minimum absolute atomic E-state index is 0.675. The second-order valence-corrected chi connectivity index (χ2v) is 12.9. The topological polar surface area (TPSA) is 42.2 Å². The summed E-state index contributed by atoms with van der Waals surface area (Å²) in [6.45, 7) is 0. The molecule has 8 aromatic carbocycles. The van der Waals surface area contributed by atoms with Crippen LogP contribution in [-0.2, 0) is 0 Å². The Morgan fingerprint density at radius 1 is 0.440 bits per heavy atom. The lowest BCUT2D eigenvalue weighted by Crippen LogP contribution is -2.15. The van der Waals surface area contributed by atoms with Crippen molar-refractivity contribution in [3.05, 3.63) is 164 Å². The van der Waals surface area contributed by atoms with Crippen molar-refractivity contribution >= 4 is 71.4 Å². The standard InChI is InChI=1S/C46H27N3O/c1-2-15-31-29(12-1)26-30(49-40-23-7-4-16-32(40)34-19-9-13-28-14-10-24-41(49)43(28)34)27-38(31)46-47-39-22-6-3-18-36(39)44(48-46)37-21-11-20-35-33-17-5-8-25-42(33)50-45(35)37/h1-27H. The lowest BCUT2D eigenvalue weighted by molar-refractivity contribution is 0.670. The Morgan fingerprint density at radius 3 is 2.04 bits per heavy atom. The van der Waals surface area contributed by atoms with Crippen LogP contribution in [0.5, 0.6) is 0 Å². The van der Waals surface area contributed by atoms with Gasteiger partial charge >= 0.3 is 0 Å². The highest BCUT2D eigenvalue weighted by Gasteiger charge is 2.27. The Kier molecular flexibility index (Phi) is 5.63. The summed E-state index contributed by atoms with van der Waals surface area (Å²) in [5, 5.41) is 7.87. The summed E-state index contributed by atoms with van der Waals surface area (Å²) in [5.74, 6) is 0.675. The number of fused-ring (bicyclic) bond motifs is 7. The summed E-state index contributed by atoms with van der Waals surface area (Å²) < 4.78 is 6.52. The van der Waals surface area contributed by atoms with E-state index in [1.165, 1.54) is 21.9 Å². The first kappa shape index (κ1) is 27.2. The maximum Gasteiger partial charge on any atom is 0.161 e. The highest BCUT2D eigenvalue weighted by molar-refractivity contribution is 6.15. The zero-order chi connectivity index (χ0) is 32.8. The van der Waals surface area contributed by atoms with Crippen LogP contribution in [0.3, 0.4) is 0 Å². The quantitative estimate of drug-likeness (QED) is 0.193. The zero-order valence-corrected chi connectivity index (χ0v) is 26.8. The van der Waals surface area contributed by atoms with Gasteiger partial charge in [0.1, 0.15) is 11.2 Å². The fourth-order valence-electron chi connectivity index (χ4n) is 7.98. The molecule has 50 heavy (non-hydrogen) atoms. The molecule has 1 aliphatic heterocycles. The molecule has 1 aliphatic rings. The Morgan fingerprint density at radius 2 is 1.10 bits per heavy atom. The van der Waals surface area contributed by atoms with Crippen molar-refractivity contribution in [1.29, 1.82) is 0 Å². The summed E-state index contributed by atoms with van der Waals surface area (Å²) in [5.41, 5.74) is 11.2. The molecule has 10 aromatic rings. The highest BCUT2D eigenvalue weighted by Crippen LogP contribution is 2.51. The second kappa shape index (κ2) is 10.4. The molecular formula is C46H27N3O. The van der Waals surface area contributed by atoms with Gasteiger partial charge in [-0.05, 0) is 64.2 Å². The first-order chi connectivity index (χ1) is 24.8. The molecule has 0 saturated carbocycles. The smallest absolute Gasteiger partial charge is 0.161 e. The third-order valence-electron chi connectivity index (χ3n) is 10.2. The molecule has 0 amide bonds. The molecule has 0 bridgehead atoms. The zero-order valence-electron chi connectivity index (χ0n) is 26.8. The number of anilines is 3. The molecule has 0 N–H and O–H groups in total. The Balaban J connectivity index is 1.20. The maximum absolute atomic E-state index is 6.52. The average molecular weight is 638 g/mol. The van der Waals surface area contributed by atoms with Gasteiger partial charge in [-0.25, -0.2) is 9.97 Å². The average Bonchev–Trinajstić information content (AvgIpc) is 3.56. The number of furan rings is 1. The number of benzene rings is 8. The molecule has 2 aromatic heterocycles. The van der Waals surface area contributed by atoms with Crippen molar-refractivity contribution in [1.82, 2.24) is 9.97 Å². The van der Waals surface area contributed by atoms with Gasteiger partial charge in [0, 0.05) is 43.9 Å². The van der Waals surface area contributed by atoms with Crippen molar-refractivity contribution in [3.63, 3.8) is 0 Å². The normalized spacial score (nSPS) is 12.4. The third kappa shape index (κ3) is 3.87.